The molecule has 0 amide bonds. The maximum Gasteiger partial charge on any atom is 0.0946 e. The summed E-state index contributed by atoms with van der Waals surface area (Å²) in [5, 5.41) is 0.504. The number of thioether (sulfide) groups is 1. The Hall–Kier alpha value is -1.04. The molecule has 3 aromatic rings. The van der Waals surface area contributed by atoms with E-state index in [2.05, 4.69) is 89.9 Å². The van der Waals surface area contributed by atoms with Crippen molar-refractivity contribution in [3.05, 3.63) is 81.8 Å². The van der Waals surface area contributed by atoms with E-state index in [1.54, 1.807) is 0 Å². The molecule has 5 heteroatoms. The van der Waals surface area contributed by atoms with Gasteiger partial charge < -0.3 is 4.57 Å². The van der Waals surface area contributed by atoms with Crippen LogP contribution in [0.4, 0.5) is 0 Å². The average molecular weight is 466 g/mol. The van der Waals surface area contributed by atoms with Crippen molar-refractivity contribution in [3.63, 3.8) is 0 Å². The lowest BCUT2D eigenvalue weighted by atomic mass is 10.1. The van der Waals surface area contributed by atoms with Crippen molar-refractivity contribution in [2.24, 2.45) is 0 Å². The molecular weight excluding hydrogens is 448 g/mol. The standard InChI is InChI=1S/C19H18Br2N2S/c20-16-4-1-15(2-5-16)3-8-19(13-23-12-11-22-14-23)24-18-9-6-17(21)7-10-18/h1-2,4-7,9-12,14,19H,3,8,13H2. The van der Waals surface area contributed by atoms with Crippen LogP contribution in [0.25, 0.3) is 0 Å². The zero-order chi connectivity index (χ0) is 16.8. The molecule has 0 aliphatic carbocycles. The Morgan fingerprint density at radius 2 is 1.62 bits per heavy atom. The third kappa shape index (κ3) is 5.50. The van der Waals surface area contributed by atoms with Crippen molar-refractivity contribution in [2.45, 2.75) is 29.5 Å². The van der Waals surface area contributed by atoms with Crippen molar-refractivity contribution >= 4 is 43.6 Å². The van der Waals surface area contributed by atoms with Gasteiger partial charge in [-0.05, 0) is 54.8 Å². The lowest BCUT2D eigenvalue weighted by Crippen LogP contribution is -2.13. The van der Waals surface area contributed by atoms with Crippen LogP contribution in [0.5, 0.6) is 0 Å². The molecule has 0 spiro atoms. The van der Waals surface area contributed by atoms with Crippen LogP contribution in [0.2, 0.25) is 0 Å². The second kappa shape index (κ2) is 8.88. The number of aromatic nitrogens is 2. The third-order valence-corrected chi connectivity index (χ3v) is 6.08. The van der Waals surface area contributed by atoms with E-state index in [1.165, 1.54) is 10.5 Å². The van der Waals surface area contributed by atoms with Gasteiger partial charge >= 0.3 is 0 Å². The van der Waals surface area contributed by atoms with Gasteiger partial charge in [-0.3, -0.25) is 0 Å². The highest BCUT2D eigenvalue weighted by Crippen LogP contribution is 2.29. The van der Waals surface area contributed by atoms with E-state index in [9.17, 15) is 0 Å². The lowest BCUT2D eigenvalue weighted by Gasteiger charge is -2.17. The molecule has 2 nitrogen and oxygen atoms in total. The number of benzene rings is 2. The van der Waals surface area contributed by atoms with E-state index in [4.69, 9.17) is 0 Å². The van der Waals surface area contributed by atoms with Gasteiger partial charge in [0.05, 0.1) is 6.33 Å². The van der Waals surface area contributed by atoms with E-state index < -0.39 is 0 Å². The largest absolute Gasteiger partial charge is 0.336 e. The van der Waals surface area contributed by atoms with Gasteiger partial charge in [-0.1, -0.05) is 44.0 Å². The number of hydrogen-bond acceptors (Lipinski definition) is 2. The second-order valence-corrected chi connectivity index (χ2v) is 8.82. The maximum atomic E-state index is 4.16. The molecule has 0 fully saturated rings. The Morgan fingerprint density at radius 3 is 2.25 bits per heavy atom. The molecule has 0 N–H and O–H groups in total. The molecule has 3 rings (SSSR count). The first kappa shape index (κ1) is 17.8. The van der Waals surface area contributed by atoms with Gasteiger partial charge in [0, 0.05) is 38.0 Å². The van der Waals surface area contributed by atoms with E-state index in [0.29, 0.717) is 5.25 Å². The number of aryl methyl sites for hydroxylation is 1. The smallest absolute Gasteiger partial charge is 0.0946 e. The molecule has 1 heterocycles. The quantitative estimate of drug-likeness (QED) is 0.386. The van der Waals surface area contributed by atoms with Gasteiger partial charge in [-0.25, -0.2) is 4.98 Å². The minimum Gasteiger partial charge on any atom is -0.336 e. The zero-order valence-electron chi connectivity index (χ0n) is 13.1. The summed E-state index contributed by atoms with van der Waals surface area (Å²) in [7, 11) is 0. The first-order valence-corrected chi connectivity index (χ1v) is 10.3. The molecule has 0 saturated heterocycles. The molecule has 124 valence electrons. The van der Waals surface area contributed by atoms with Crippen molar-refractivity contribution < 1.29 is 0 Å². The summed E-state index contributed by atoms with van der Waals surface area (Å²) >= 11 is 8.94. The van der Waals surface area contributed by atoms with Crippen molar-refractivity contribution in [3.8, 4) is 0 Å². The van der Waals surface area contributed by atoms with E-state index >= 15 is 0 Å². The predicted octanol–water partition coefficient (Wildman–Crippen LogP) is 6.20. The molecule has 24 heavy (non-hydrogen) atoms. The summed E-state index contributed by atoms with van der Waals surface area (Å²) in [6.07, 6.45) is 7.98. The Bertz CT molecular complexity index is 740. The number of hydrogen-bond donors (Lipinski definition) is 0. The normalized spacial score (nSPS) is 12.2. The summed E-state index contributed by atoms with van der Waals surface area (Å²) in [5.74, 6) is 0. The van der Waals surface area contributed by atoms with Crippen LogP contribution < -0.4 is 0 Å². The summed E-state index contributed by atoms with van der Waals surface area (Å²) in [4.78, 5) is 5.47. The molecule has 0 radical (unpaired) electrons. The number of imidazole rings is 1. The van der Waals surface area contributed by atoms with Crippen LogP contribution in [0, 0.1) is 0 Å². The van der Waals surface area contributed by atoms with Crippen LogP contribution in [0.3, 0.4) is 0 Å². The van der Waals surface area contributed by atoms with Crippen molar-refractivity contribution in [1.82, 2.24) is 9.55 Å². The number of halogens is 2. The summed E-state index contributed by atoms with van der Waals surface area (Å²) < 4.78 is 4.41. The van der Waals surface area contributed by atoms with Crippen molar-refractivity contribution in [2.75, 3.05) is 0 Å². The van der Waals surface area contributed by atoms with Gasteiger partial charge in [0.1, 0.15) is 0 Å². The summed E-state index contributed by atoms with van der Waals surface area (Å²) in [6, 6.07) is 17.2. The van der Waals surface area contributed by atoms with Crippen LogP contribution in [-0.4, -0.2) is 14.8 Å². The predicted molar refractivity (Wildman–Crippen MR) is 108 cm³/mol. The molecular formula is C19H18Br2N2S. The first-order chi connectivity index (χ1) is 11.7. The number of nitrogens with zero attached hydrogens (tertiary/aromatic N) is 2. The van der Waals surface area contributed by atoms with Crippen molar-refractivity contribution in [1.29, 1.82) is 0 Å². The second-order valence-electron chi connectivity index (χ2n) is 5.62. The molecule has 1 aromatic heterocycles. The molecule has 0 aliphatic rings. The minimum atomic E-state index is 0.504. The fourth-order valence-electron chi connectivity index (χ4n) is 2.50. The van der Waals surface area contributed by atoms with Gasteiger partial charge in [-0.2, -0.15) is 0 Å². The lowest BCUT2D eigenvalue weighted by molar-refractivity contribution is 0.624. The highest BCUT2D eigenvalue weighted by molar-refractivity contribution is 9.10. The van der Waals surface area contributed by atoms with E-state index in [0.717, 1.165) is 28.3 Å². The first-order valence-electron chi connectivity index (χ1n) is 7.81. The maximum absolute atomic E-state index is 4.16. The summed E-state index contributed by atoms with van der Waals surface area (Å²) in [6.45, 7) is 0.970. The topological polar surface area (TPSA) is 17.8 Å². The number of rotatable bonds is 7. The highest BCUT2D eigenvalue weighted by atomic mass is 79.9. The van der Waals surface area contributed by atoms with E-state index in [1.807, 2.05) is 30.5 Å². The molecule has 1 atom stereocenters. The molecule has 0 saturated carbocycles. The van der Waals surface area contributed by atoms with Crippen LogP contribution >= 0.6 is 43.6 Å². The third-order valence-electron chi connectivity index (χ3n) is 3.76. The molecule has 0 bridgehead atoms. The Kier molecular flexibility index (Phi) is 6.58. The van der Waals surface area contributed by atoms with Gasteiger partial charge in [-0.15, -0.1) is 11.8 Å². The fourth-order valence-corrected chi connectivity index (χ4v) is 4.19. The highest BCUT2D eigenvalue weighted by Gasteiger charge is 2.12. The van der Waals surface area contributed by atoms with Crippen LogP contribution in [-0.2, 0) is 13.0 Å². The van der Waals surface area contributed by atoms with Crippen LogP contribution in [0.15, 0.2) is 81.1 Å². The Morgan fingerprint density at radius 1 is 0.958 bits per heavy atom. The van der Waals surface area contributed by atoms with Crippen LogP contribution in [0.1, 0.15) is 12.0 Å². The van der Waals surface area contributed by atoms with Gasteiger partial charge in [0.15, 0.2) is 0 Å². The minimum absolute atomic E-state index is 0.504. The monoisotopic (exact) mass is 464 g/mol. The average Bonchev–Trinajstić information content (AvgIpc) is 3.09. The Labute approximate surface area is 164 Å². The van der Waals surface area contributed by atoms with Gasteiger partial charge in [0.2, 0.25) is 0 Å². The Balaban J connectivity index is 1.66. The van der Waals surface area contributed by atoms with Gasteiger partial charge in [0.25, 0.3) is 0 Å². The molecule has 2 aromatic carbocycles. The SMILES string of the molecule is Brc1ccc(CCC(Cn2ccnc2)Sc2ccc(Br)cc2)cc1. The van der Waals surface area contributed by atoms with E-state index in [-0.39, 0.29) is 0 Å². The fraction of sp³-hybridized carbons (Fsp3) is 0.211. The zero-order valence-corrected chi connectivity index (χ0v) is 17.1. The summed E-state index contributed by atoms with van der Waals surface area (Å²) in [5.41, 5.74) is 1.38. The molecule has 1 unspecified atom stereocenters. The molecule has 0 aliphatic heterocycles.